The number of nitrogens with zero attached hydrogens (tertiary/aromatic N) is 2. The third-order valence-electron chi connectivity index (χ3n) is 4.00. The summed E-state index contributed by atoms with van der Waals surface area (Å²) in [4.78, 5) is 14.6. The summed E-state index contributed by atoms with van der Waals surface area (Å²) in [5.74, 6) is 0.511. The molecule has 0 amide bonds. The molecule has 0 bridgehead atoms. The number of hydrogen-bond donors (Lipinski definition) is 0. The van der Waals surface area contributed by atoms with Crippen molar-refractivity contribution in [3.05, 3.63) is 52.7 Å². The molecular formula is C18H20N2O5. The van der Waals surface area contributed by atoms with E-state index >= 15 is 0 Å². The molecule has 132 valence electrons. The molecule has 0 spiro atoms. The van der Waals surface area contributed by atoms with E-state index in [2.05, 4.69) is 4.98 Å². The van der Waals surface area contributed by atoms with Crippen molar-refractivity contribution in [2.45, 2.75) is 20.1 Å². The lowest BCUT2D eigenvalue weighted by atomic mass is 9.94. The van der Waals surface area contributed by atoms with E-state index in [1.165, 1.54) is 12.1 Å². The second-order valence-electron chi connectivity index (χ2n) is 6.54. The first-order valence-electron chi connectivity index (χ1n) is 8.03. The molecule has 2 heterocycles. The second kappa shape index (κ2) is 7.16. The minimum Gasteiger partial charge on any atom is -0.477 e. The van der Waals surface area contributed by atoms with E-state index in [4.69, 9.17) is 14.2 Å². The maximum Gasteiger partial charge on any atom is 0.269 e. The van der Waals surface area contributed by atoms with Crippen molar-refractivity contribution in [1.29, 1.82) is 0 Å². The highest BCUT2D eigenvalue weighted by Gasteiger charge is 2.35. The van der Waals surface area contributed by atoms with E-state index in [9.17, 15) is 10.1 Å². The Kier molecular flexibility index (Phi) is 4.96. The fraction of sp³-hybridized carbons (Fsp3) is 0.389. The molecular weight excluding hydrogens is 324 g/mol. The lowest BCUT2D eigenvalue weighted by Crippen LogP contribution is -2.36. The number of aromatic nitrogens is 1. The standard InChI is InChI=1S/C18H20N2O5/c1-18(2,17-23-9-10-24-17)12-25-16-8-5-14(11-19-16)13-3-6-15(7-4-13)20(21)22/h3-8,11,17H,9-10,12H2,1-2H3. The van der Waals surface area contributed by atoms with Gasteiger partial charge in [-0.15, -0.1) is 0 Å². The van der Waals surface area contributed by atoms with Crippen molar-refractivity contribution in [2.75, 3.05) is 19.8 Å². The molecule has 0 unspecified atom stereocenters. The van der Waals surface area contributed by atoms with Crippen LogP contribution in [0.5, 0.6) is 5.88 Å². The quantitative estimate of drug-likeness (QED) is 0.590. The van der Waals surface area contributed by atoms with Crippen LogP contribution in [-0.2, 0) is 9.47 Å². The van der Waals surface area contributed by atoms with Crippen LogP contribution in [0.15, 0.2) is 42.6 Å². The van der Waals surface area contributed by atoms with Crippen molar-refractivity contribution < 1.29 is 19.1 Å². The maximum absolute atomic E-state index is 10.7. The van der Waals surface area contributed by atoms with Crippen LogP contribution in [0.3, 0.4) is 0 Å². The number of benzene rings is 1. The van der Waals surface area contributed by atoms with Crippen LogP contribution in [-0.4, -0.2) is 36.0 Å². The van der Waals surface area contributed by atoms with Gasteiger partial charge in [-0.05, 0) is 23.8 Å². The van der Waals surface area contributed by atoms with E-state index in [1.807, 2.05) is 19.9 Å². The molecule has 0 saturated carbocycles. The largest absolute Gasteiger partial charge is 0.477 e. The van der Waals surface area contributed by atoms with Crippen molar-refractivity contribution in [3.63, 3.8) is 0 Å². The monoisotopic (exact) mass is 344 g/mol. The van der Waals surface area contributed by atoms with Gasteiger partial charge in [0.1, 0.15) is 0 Å². The first kappa shape index (κ1) is 17.3. The lowest BCUT2D eigenvalue weighted by Gasteiger charge is -2.29. The summed E-state index contributed by atoms with van der Waals surface area (Å²) >= 11 is 0. The van der Waals surface area contributed by atoms with Crippen LogP contribution in [0, 0.1) is 15.5 Å². The Labute approximate surface area is 145 Å². The molecule has 2 aromatic rings. The molecule has 7 heteroatoms. The molecule has 1 aromatic carbocycles. The molecule has 1 aromatic heterocycles. The lowest BCUT2D eigenvalue weighted by molar-refractivity contribution is -0.384. The highest BCUT2D eigenvalue weighted by molar-refractivity contribution is 5.64. The van der Waals surface area contributed by atoms with E-state index in [1.54, 1.807) is 24.4 Å². The number of ether oxygens (including phenoxy) is 3. The number of hydrogen-bond acceptors (Lipinski definition) is 6. The summed E-state index contributed by atoms with van der Waals surface area (Å²) < 4.78 is 16.8. The van der Waals surface area contributed by atoms with Crippen molar-refractivity contribution in [1.82, 2.24) is 4.98 Å². The fourth-order valence-corrected chi connectivity index (χ4v) is 2.55. The van der Waals surface area contributed by atoms with Gasteiger partial charge in [-0.2, -0.15) is 0 Å². The number of rotatable bonds is 6. The van der Waals surface area contributed by atoms with Crippen molar-refractivity contribution in [2.24, 2.45) is 5.41 Å². The summed E-state index contributed by atoms with van der Waals surface area (Å²) in [5.41, 5.74) is 1.51. The van der Waals surface area contributed by atoms with Gasteiger partial charge in [0.15, 0.2) is 6.29 Å². The Balaban J connectivity index is 1.63. The molecule has 7 nitrogen and oxygen atoms in total. The molecule has 1 saturated heterocycles. The zero-order valence-corrected chi connectivity index (χ0v) is 14.2. The highest BCUT2D eigenvalue weighted by atomic mass is 16.7. The van der Waals surface area contributed by atoms with E-state index in [-0.39, 0.29) is 17.4 Å². The van der Waals surface area contributed by atoms with Gasteiger partial charge in [-0.1, -0.05) is 13.8 Å². The molecule has 25 heavy (non-hydrogen) atoms. The van der Waals surface area contributed by atoms with Crippen LogP contribution in [0.4, 0.5) is 5.69 Å². The first-order valence-corrected chi connectivity index (χ1v) is 8.03. The van der Waals surface area contributed by atoms with Crippen molar-refractivity contribution in [3.8, 4) is 17.0 Å². The highest BCUT2D eigenvalue weighted by Crippen LogP contribution is 2.28. The summed E-state index contributed by atoms with van der Waals surface area (Å²) in [6, 6.07) is 10.0. The predicted octanol–water partition coefficient (Wildman–Crippen LogP) is 3.43. The summed E-state index contributed by atoms with van der Waals surface area (Å²) in [5, 5.41) is 10.7. The summed E-state index contributed by atoms with van der Waals surface area (Å²) in [7, 11) is 0. The van der Waals surface area contributed by atoms with Crippen LogP contribution in [0.25, 0.3) is 11.1 Å². The minimum atomic E-state index is -0.418. The average Bonchev–Trinajstić information content (AvgIpc) is 3.16. The van der Waals surface area contributed by atoms with Gasteiger partial charge < -0.3 is 14.2 Å². The predicted molar refractivity (Wildman–Crippen MR) is 91.3 cm³/mol. The van der Waals surface area contributed by atoms with Crippen LogP contribution in [0.2, 0.25) is 0 Å². The van der Waals surface area contributed by atoms with Crippen LogP contribution in [0.1, 0.15) is 13.8 Å². The topological polar surface area (TPSA) is 83.7 Å². The van der Waals surface area contributed by atoms with E-state index in [0.717, 1.165) is 11.1 Å². The second-order valence-corrected chi connectivity index (χ2v) is 6.54. The molecule has 1 aliphatic heterocycles. The van der Waals surface area contributed by atoms with Gasteiger partial charge >= 0.3 is 0 Å². The van der Waals surface area contributed by atoms with Crippen LogP contribution >= 0.6 is 0 Å². The minimum absolute atomic E-state index is 0.0650. The number of nitro benzene ring substituents is 1. The van der Waals surface area contributed by atoms with Gasteiger partial charge in [0, 0.05) is 35.4 Å². The number of pyridine rings is 1. The molecule has 1 aliphatic rings. The van der Waals surface area contributed by atoms with E-state index in [0.29, 0.717) is 25.7 Å². The van der Waals surface area contributed by atoms with Crippen LogP contribution < -0.4 is 4.74 Å². The van der Waals surface area contributed by atoms with Gasteiger partial charge in [-0.25, -0.2) is 4.98 Å². The zero-order valence-electron chi connectivity index (χ0n) is 14.2. The molecule has 3 rings (SSSR count). The van der Waals surface area contributed by atoms with Crippen molar-refractivity contribution >= 4 is 5.69 Å². The van der Waals surface area contributed by atoms with Gasteiger partial charge in [0.05, 0.1) is 24.7 Å². The number of non-ortho nitro benzene ring substituents is 1. The normalized spacial score (nSPS) is 15.3. The van der Waals surface area contributed by atoms with Gasteiger partial charge in [0.2, 0.25) is 5.88 Å². The Morgan fingerprint density at radius 2 is 1.80 bits per heavy atom. The average molecular weight is 344 g/mol. The van der Waals surface area contributed by atoms with Gasteiger partial charge in [-0.3, -0.25) is 10.1 Å². The third-order valence-corrected chi connectivity index (χ3v) is 4.00. The Hall–Kier alpha value is -2.51. The summed E-state index contributed by atoms with van der Waals surface area (Å²) in [6.45, 7) is 5.68. The first-order chi connectivity index (χ1) is 12.0. The molecule has 0 atom stereocenters. The third kappa shape index (κ3) is 4.12. The summed E-state index contributed by atoms with van der Waals surface area (Å²) in [6.07, 6.45) is 1.42. The SMILES string of the molecule is CC(C)(COc1ccc(-c2ccc([N+](=O)[O-])cc2)cn1)C1OCCO1. The molecule has 0 N–H and O–H groups in total. The molecule has 0 radical (unpaired) electrons. The zero-order chi connectivity index (χ0) is 17.9. The Morgan fingerprint density at radius 1 is 1.16 bits per heavy atom. The number of nitro groups is 1. The Morgan fingerprint density at radius 3 is 2.36 bits per heavy atom. The molecule has 0 aliphatic carbocycles. The fourth-order valence-electron chi connectivity index (χ4n) is 2.55. The van der Waals surface area contributed by atoms with Gasteiger partial charge in [0.25, 0.3) is 5.69 Å². The Bertz CT molecular complexity index is 722. The maximum atomic E-state index is 10.7. The smallest absolute Gasteiger partial charge is 0.269 e. The van der Waals surface area contributed by atoms with E-state index < -0.39 is 4.92 Å². The molecule has 1 fully saturated rings.